The third-order valence-electron chi connectivity index (χ3n) is 3.04. The molecule has 0 atom stereocenters. The largest absolute Gasteiger partial charge is 0.490 e. The Morgan fingerprint density at radius 1 is 1.00 bits per heavy atom. The summed E-state index contributed by atoms with van der Waals surface area (Å²) in [5.41, 5.74) is 1.27. The van der Waals surface area contributed by atoms with Gasteiger partial charge in [0.25, 0.3) is 0 Å². The minimum atomic E-state index is -0.429. The van der Waals surface area contributed by atoms with Gasteiger partial charge in [-0.2, -0.15) is 0 Å². The van der Waals surface area contributed by atoms with Gasteiger partial charge in [-0.15, -0.1) is 0 Å². The Morgan fingerprint density at radius 2 is 1.78 bits per heavy atom. The number of esters is 1. The van der Waals surface area contributed by atoms with Crippen molar-refractivity contribution in [3.05, 3.63) is 57.6 Å². The fourth-order valence-electron chi connectivity index (χ4n) is 1.93. The minimum Gasteiger partial charge on any atom is -0.490 e. The van der Waals surface area contributed by atoms with Crippen LogP contribution in [0.1, 0.15) is 22.8 Å². The summed E-state index contributed by atoms with van der Waals surface area (Å²) in [6.07, 6.45) is 0. The average Bonchev–Trinajstić information content (AvgIpc) is 2.56. The molecular formula is C17H16Cl2O4. The molecule has 0 fully saturated rings. The number of ether oxygens (including phenoxy) is 3. The van der Waals surface area contributed by atoms with Gasteiger partial charge in [0.15, 0.2) is 11.5 Å². The van der Waals surface area contributed by atoms with Gasteiger partial charge < -0.3 is 14.2 Å². The van der Waals surface area contributed by atoms with E-state index in [4.69, 9.17) is 37.4 Å². The molecule has 4 nitrogen and oxygen atoms in total. The van der Waals surface area contributed by atoms with Crippen molar-refractivity contribution < 1.29 is 19.0 Å². The molecule has 0 saturated heterocycles. The summed E-state index contributed by atoms with van der Waals surface area (Å²) in [5.74, 6) is 0.586. The maximum absolute atomic E-state index is 11.6. The lowest BCUT2D eigenvalue weighted by molar-refractivity contribution is 0.0600. The summed E-state index contributed by atoms with van der Waals surface area (Å²) in [6.45, 7) is 2.61. The zero-order valence-electron chi connectivity index (χ0n) is 12.8. The molecule has 0 aliphatic carbocycles. The van der Waals surface area contributed by atoms with Gasteiger partial charge >= 0.3 is 5.97 Å². The van der Waals surface area contributed by atoms with E-state index in [0.29, 0.717) is 40.3 Å². The van der Waals surface area contributed by atoms with Crippen LogP contribution in [0.4, 0.5) is 0 Å². The molecule has 0 bridgehead atoms. The van der Waals surface area contributed by atoms with Crippen LogP contribution >= 0.6 is 23.2 Å². The molecule has 0 heterocycles. The molecular weight excluding hydrogens is 339 g/mol. The van der Waals surface area contributed by atoms with Gasteiger partial charge in [-0.05, 0) is 42.8 Å². The molecule has 0 aliphatic heterocycles. The van der Waals surface area contributed by atoms with Gasteiger partial charge in [0.2, 0.25) is 0 Å². The number of methoxy groups -OCH3 is 1. The maximum Gasteiger partial charge on any atom is 0.337 e. The van der Waals surface area contributed by atoms with E-state index >= 15 is 0 Å². The van der Waals surface area contributed by atoms with Crippen LogP contribution in [-0.2, 0) is 11.3 Å². The number of hydrogen-bond donors (Lipinski definition) is 0. The van der Waals surface area contributed by atoms with Gasteiger partial charge in [0.05, 0.1) is 29.3 Å². The van der Waals surface area contributed by atoms with E-state index in [1.54, 1.807) is 30.3 Å². The van der Waals surface area contributed by atoms with Crippen molar-refractivity contribution >= 4 is 29.2 Å². The number of hydrogen-bond acceptors (Lipinski definition) is 4. The Balaban J connectivity index is 2.17. The summed E-state index contributed by atoms with van der Waals surface area (Å²) in [4.78, 5) is 11.6. The highest BCUT2D eigenvalue weighted by atomic mass is 35.5. The number of rotatable bonds is 6. The van der Waals surface area contributed by atoms with Crippen LogP contribution in [0.15, 0.2) is 36.4 Å². The minimum absolute atomic E-state index is 0.300. The first kappa shape index (κ1) is 17.4. The fourth-order valence-corrected chi connectivity index (χ4v) is 2.25. The predicted molar refractivity (Wildman–Crippen MR) is 89.7 cm³/mol. The van der Waals surface area contributed by atoms with Crippen molar-refractivity contribution in [2.75, 3.05) is 13.7 Å². The van der Waals surface area contributed by atoms with Gasteiger partial charge in [0.1, 0.15) is 6.61 Å². The van der Waals surface area contributed by atoms with Crippen molar-refractivity contribution in [2.45, 2.75) is 13.5 Å². The first-order valence-corrected chi connectivity index (χ1v) is 7.72. The molecule has 0 amide bonds. The Labute approximate surface area is 144 Å². The molecule has 0 aromatic heterocycles. The summed E-state index contributed by atoms with van der Waals surface area (Å²) >= 11 is 11.9. The van der Waals surface area contributed by atoms with Crippen LogP contribution in [0, 0.1) is 0 Å². The summed E-state index contributed by atoms with van der Waals surface area (Å²) in [5, 5.41) is 0.965. The zero-order chi connectivity index (χ0) is 16.8. The van der Waals surface area contributed by atoms with E-state index < -0.39 is 5.97 Å². The number of carbonyl (C=O) groups is 1. The van der Waals surface area contributed by atoms with Crippen LogP contribution in [0.3, 0.4) is 0 Å². The van der Waals surface area contributed by atoms with Gasteiger partial charge in [-0.1, -0.05) is 29.3 Å². The van der Waals surface area contributed by atoms with Crippen LogP contribution in [-0.4, -0.2) is 19.7 Å². The molecule has 0 aliphatic rings. The third-order valence-corrected chi connectivity index (χ3v) is 3.78. The van der Waals surface area contributed by atoms with Gasteiger partial charge in [-0.3, -0.25) is 0 Å². The molecule has 2 rings (SSSR count). The van der Waals surface area contributed by atoms with E-state index in [0.717, 1.165) is 5.56 Å². The van der Waals surface area contributed by atoms with E-state index in [1.807, 2.05) is 13.0 Å². The van der Waals surface area contributed by atoms with Crippen molar-refractivity contribution in [1.29, 1.82) is 0 Å². The van der Waals surface area contributed by atoms with Crippen molar-refractivity contribution in [2.24, 2.45) is 0 Å². The third kappa shape index (κ3) is 4.53. The van der Waals surface area contributed by atoms with Crippen molar-refractivity contribution in [3.8, 4) is 11.5 Å². The summed E-state index contributed by atoms with van der Waals surface area (Å²) in [7, 11) is 1.33. The molecule has 122 valence electrons. The smallest absolute Gasteiger partial charge is 0.337 e. The fraction of sp³-hybridized carbons (Fsp3) is 0.235. The van der Waals surface area contributed by atoms with E-state index in [1.165, 1.54) is 7.11 Å². The molecule has 0 unspecified atom stereocenters. The zero-order valence-corrected chi connectivity index (χ0v) is 14.3. The number of halogens is 2. The lowest BCUT2D eigenvalue weighted by atomic mass is 10.2. The lowest BCUT2D eigenvalue weighted by Crippen LogP contribution is -2.04. The second-order valence-corrected chi connectivity index (χ2v) is 5.44. The van der Waals surface area contributed by atoms with E-state index in [2.05, 4.69) is 0 Å². The lowest BCUT2D eigenvalue weighted by Gasteiger charge is -2.13. The molecule has 2 aromatic carbocycles. The maximum atomic E-state index is 11.6. The second-order valence-electron chi connectivity index (χ2n) is 4.62. The van der Waals surface area contributed by atoms with Gasteiger partial charge in [0, 0.05) is 0 Å². The molecule has 0 radical (unpaired) electrons. The van der Waals surface area contributed by atoms with E-state index in [9.17, 15) is 4.79 Å². The molecule has 6 heteroatoms. The SMILES string of the molecule is CCOc1cc(C(=O)OC)ccc1OCc1ccc(Cl)c(Cl)c1. The van der Waals surface area contributed by atoms with Crippen LogP contribution in [0.25, 0.3) is 0 Å². The van der Waals surface area contributed by atoms with Crippen LogP contribution < -0.4 is 9.47 Å². The molecule has 23 heavy (non-hydrogen) atoms. The molecule has 0 saturated carbocycles. The number of benzene rings is 2. The highest BCUT2D eigenvalue weighted by molar-refractivity contribution is 6.42. The van der Waals surface area contributed by atoms with Crippen LogP contribution in [0.2, 0.25) is 10.0 Å². The first-order chi connectivity index (χ1) is 11.0. The Hall–Kier alpha value is -1.91. The van der Waals surface area contributed by atoms with E-state index in [-0.39, 0.29) is 0 Å². The van der Waals surface area contributed by atoms with Crippen molar-refractivity contribution in [3.63, 3.8) is 0 Å². The highest BCUT2D eigenvalue weighted by Crippen LogP contribution is 2.30. The Bertz CT molecular complexity index is 701. The second kappa shape index (κ2) is 8.09. The molecule has 0 N–H and O–H groups in total. The molecule has 2 aromatic rings. The normalized spacial score (nSPS) is 10.3. The topological polar surface area (TPSA) is 44.8 Å². The quantitative estimate of drug-likeness (QED) is 0.701. The Kier molecular flexibility index (Phi) is 6.13. The standard InChI is InChI=1S/C17H16Cl2O4/c1-3-22-16-9-12(17(20)21-2)5-7-15(16)23-10-11-4-6-13(18)14(19)8-11/h4-9H,3,10H2,1-2H3. The average molecular weight is 355 g/mol. The van der Waals surface area contributed by atoms with Crippen molar-refractivity contribution in [1.82, 2.24) is 0 Å². The van der Waals surface area contributed by atoms with Gasteiger partial charge in [-0.25, -0.2) is 4.79 Å². The Morgan fingerprint density at radius 3 is 2.43 bits per heavy atom. The summed E-state index contributed by atoms with van der Waals surface area (Å²) < 4.78 is 16.0. The summed E-state index contributed by atoms with van der Waals surface area (Å²) in [6, 6.07) is 10.2. The highest BCUT2D eigenvalue weighted by Gasteiger charge is 2.12. The molecule has 0 spiro atoms. The monoisotopic (exact) mass is 354 g/mol. The van der Waals surface area contributed by atoms with Crippen LogP contribution in [0.5, 0.6) is 11.5 Å². The number of carbonyl (C=O) groups excluding carboxylic acids is 1. The predicted octanol–water partition coefficient (Wildman–Crippen LogP) is 4.76. The first-order valence-electron chi connectivity index (χ1n) is 6.97.